The molecule has 0 aliphatic heterocycles. The summed E-state index contributed by atoms with van der Waals surface area (Å²) in [6.07, 6.45) is 0. The number of aromatic nitrogens is 3. The first-order valence-corrected chi connectivity index (χ1v) is 5.78. The zero-order chi connectivity index (χ0) is 14.2. The molecule has 0 radical (unpaired) electrons. The molecule has 0 unspecified atom stereocenters. The molecule has 7 heteroatoms. The van der Waals surface area contributed by atoms with Crippen LogP contribution in [0, 0.1) is 10.1 Å². The smallest absolute Gasteiger partial charge is 0.294 e. The molecular weight excluding hydrogens is 246 g/mol. The maximum atomic E-state index is 11.1. The minimum absolute atomic E-state index is 0.0297. The Labute approximate surface area is 110 Å². The van der Waals surface area contributed by atoms with Gasteiger partial charge in [0.05, 0.1) is 10.6 Å². The number of nitro benzene ring substituents is 1. The third-order valence-electron chi connectivity index (χ3n) is 2.71. The number of hydrogen-bond donors (Lipinski definition) is 1. The first-order valence-electron chi connectivity index (χ1n) is 5.78. The Kier molecular flexibility index (Phi) is 2.97. The van der Waals surface area contributed by atoms with E-state index < -0.39 is 4.92 Å². The lowest BCUT2D eigenvalue weighted by Gasteiger charge is -2.19. The van der Waals surface area contributed by atoms with Crippen molar-refractivity contribution < 1.29 is 4.92 Å². The van der Waals surface area contributed by atoms with Gasteiger partial charge in [0, 0.05) is 11.5 Å². The Bertz CT molecular complexity index is 627. The summed E-state index contributed by atoms with van der Waals surface area (Å²) in [5.74, 6) is 0.283. The van der Waals surface area contributed by atoms with E-state index in [-0.39, 0.29) is 16.9 Å². The summed E-state index contributed by atoms with van der Waals surface area (Å²) >= 11 is 0. The number of rotatable bonds is 2. The topological polar surface area (TPSA) is 99.9 Å². The van der Waals surface area contributed by atoms with Crippen LogP contribution in [0.2, 0.25) is 0 Å². The van der Waals surface area contributed by atoms with Gasteiger partial charge in [0.25, 0.3) is 5.69 Å². The summed E-state index contributed by atoms with van der Waals surface area (Å²) < 4.78 is 1.44. The monoisotopic (exact) mass is 261 g/mol. The quantitative estimate of drug-likeness (QED) is 0.658. The first-order chi connectivity index (χ1) is 8.82. The summed E-state index contributed by atoms with van der Waals surface area (Å²) in [5.41, 5.74) is 6.49. The predicted molar refractivity (Wildman–Crippen MR) is 71.1 cm³/mol. The lowest BCUT2D eigenvalue weighted by molar-refractivity contribution is -0.384. The predicted octanol–water partition coefficient (Wildman–Crippen LogP) is 2.06. The number of anilines is 1. The fourth-order valence-corrected chi connectivity index (χ4v) is 1.96. The number of benzene rings is 1. The van der Waals surface area contributed by atoms with E-state index in [0.717, 1.165) is 0 Å². The Morgan fingerprint density at radius 2 is 1.95 bits per heavy atom. The van der Waals surface area contributed by atoms with Crippen molar-refractivity contribution in [1.29, 1.82) is 0 Å². The average Bonchev–Trinajstić information content (AvgIpc) is 2.70. The zero-order valence-corrected chi connectivity index (χ0v) is 11.0. The lowest BCUT2D eigenvalue weighted by atomic mass is 9.91. The van der Waals surface area contributed by atoms with E-state index in [2.05, 4.69) is 10.3 Å². The van der Waals surface area contributed by atoms with Gasteiger partial charge in [0.2, 0.25) is 0 Å². The van der Waals surface area contributed by atoms with Crippen LogP contribution in [0.1, 0.15) is 26.5 Å². The Hall–Kier alpha value is -2.44. The standard InChI is InChI=1S/C12H15N5O2/c1-12(2,3)10-11(13)14-15-16(10)8-6-4-5-7-9(8)17(18)19/h4-7H,13H2,1-3H3. The van der Waals surface area contributed by atoms with Crippen LogP contribution in [-0.4, -0.2) is 19.9 Å². The Morgan fingerprint density at radius 3 is 2.53 bits per heavy atom. The van der Waals surface area contributed by atoms with Gasteiger partial charge in [-0.15, -0.1) is 5.10 Å². The van der Waals surface area contributed by atoms with E-state index in [0.29, 0.717) is 11.4 Å². The van der Waals surface area contributed by atoms with Crippen molar-refractivity contribution in [1.82, 2.24) is 15.0 Å². The number of nitrogens with zero attached hydrogens (tertiary/aromatic N) is 4. The molecule has 2 rings (SSSR count). The maximum absolute atomic E-state index is 11.1. The van der Waals surface area contributed by atoms with Gasteiger partial charge in [-0.3, -0.25) is 10.1 Å². The molecule has 0 bridgehead atoms. The van der Waals surface area contributed by atoms with Crippen LogP contribution in [-0.2, 0) is 5.41 Å². The van der Waals surface area contributed by atoms with Crippen LogP contribution >= 0.6 is 0 Å². The summed E-state index contributed by atoms with van der Waals surface area (Å²) in [5, 5.41) is 18.8. The van der Waals surface area contributed by atoms with Gasteiger partial charge >= 0.3 is 0 Å². The van der Waals surface area contributed by atoms with Crippen LogP contribution in [0.15, 0.2) is 24.3 Å². The maximum Gasteiger partial charge on any atom is 0.294 e. The van der Waals surface area contributed by atoms with Crippen molar-refractivity contribution in [2.24, 2.45) is 0 Å². The van der Waals surface area contributed by atoms with E-state index >= 15 is 0 Å². The van der Waals surface area contributed by atoms with Gasteiger partial charge in [0.15, 0.2) is 5.82 Å². The van der Waals surface area contributed by atoms with E-state index in [4.69, 9.17) is 5.73 Å². The number of nitrogen functional groups attached to an aromatic ring is 1. The molecule has 7 nitrogen and oxygen atoms in total. The zero-order valence-electron chi connectivity index (χ0n) is 11.0. The van der Waals surface area contributed by atoms with Crippen LogP contribution in [0.5, 0.6) is 0 Å². The largest absolute Gasteiger partial charge is 0.381 e. The second-order valence-electron chi connectivity index (χ2n) is 5.23. The molecule has 0 aliphatic rings. The Morgan fingerprint density at radius 1 is 1.32 bits per heavy atom. The van der Waals surface area contributed by atoms with E-state index in [1.165, 1.54) is 10.7 Å². The van der Waals surface area contributed by atoms with Gasteiger partial charge in [-0.05, 0) is 6.07 Å². The second-order valence-corrected chi connectivity index (χ2v) is 5.23. The van der Waals surface area contributed by atoms with Crippen molar-refractivity contribution in [3.05, 3.63) is 40.1 Å². The highest BCUT2D eigenvalue weighted by molar-refractivity contribution is 5.55. The highest BCUT2D eigenvalue weighted by atomic mass is 16.6. The number of hydrogen-bond acceptors (Lipinski definition) is 5. The lowest BCUT2D eigenvalue weighted by Crippen LogP contribution is -2.19. The summed E-state index contributed by atoms with van der Waals surface area (Å²) in [6.45, 7) is 5.86. The van der Waals surface area contributed by atoms with E-state index in [1.54, 1.807) is 18.2 Å². The molecule has 1 aromatic heterocycles. The third kappa shape index (κ3) is 2.26. The molecule has 0 saturated carbocycles. The van der Waals surface area contributed by atoms with Gasteiger partial charge in [-0.2, -0.15) is 0 Å². The summed E-state index contributed by atoms with van der Waals surface area (Å²) in [7, 11) is 0. The average molecular weight is 261 g/mol. The molecule has 2 N–H and O–H groups in total. The highest BCUT2D eigenvalue weighted by Crippen LogP contribution is 2.31. The van der Waals surface area contributed by atoms with Crippen LogP contribution in [0.25, 0.3) is 5.69 Å². The third-order valence-corrected chi connectivity index (χ3v) is 2.71. The fraction of sp³-hybridized carbons (Fsp3) is 0.333. The Balaban J connectivity index is 2.71. The first kappa shape index (κ1) is 13.0. The SMILES string of the molecule is CC(C)(C)c1c(N)nnn1-c1ccccc1[N+](=O)[O-]. The van der Waals surface area contributed by atoms with Gasteiger partial charge in [-0.25, -0.2) is 4.68 Å². The van der Waals surface area contributed by atoms with E-state index in [9.17, 15) is 10.1 Å². The van der Waals surface area contributed by atoms with Crippen LogP contribution in [0.3, 0.4) is 0 Å². The normalized spacial score (nSPS) is 11.5. The molecule has 1 aromatic carbocycles. The molecule has 0 aliphatic carbocycles. The molecule has 0 fully saturated rings. The summed E-state index contributed by atoms with van der Waals surface area (Å²) in [4.78, 5) is 10.6. The molecular formula is C12H15N5O2. The minimum Gasteiger partial charge on any atom is -0.381 e. The number of para-hydroxylation sites is 2. The van der Waals surface area contributed by atoms with E-state index in [1.807, 2.05) is 20.8 Å². The van der Waals surface area contributed by atoms with Crippen LogP contribution < -0.4 is 5.73 Å². The molecule has 0 atom stereocenters. The molecule has 1 heterocycles. The van der Waals surface area contributed by atoms with Crippen molar-refractivity contribution in [3.63, 3.8) is 0 Å². The van der Waals surface area contributed by atoms with Crippen molar-refractivity contribution in [2.45, 2.75) is 26.2 Å². The van der Waals surface area contributed by atoms with Crippen LogP contribution in [0.4, 0.5) is 11.5 Å². The molecule has 100 valence electrons. The summed E-state index contributed by atoms with van der Waals surface area (Å²) in [6, 6.07) is 6.38. The van der Waals surface area contributed by atoms with Crippen molar-refractivity contribution in [3.8, 4) is 5.69 Å². The minimum atomic E-state index is -0.445. The van der Waals surface area contributed by atoms with Crippen molar-refractivity contribution >= 4 is 11.5 Å². The molecule has 0 saturated heterocycles. The van der Waals surface area contributed by atoms with Gasteiger partial charge in [0.1, 0.15) is 5.69 Å². The fourth-order valence-electron chi connectivity index (χ4n) is 1.96. The number of nitrogens with two attached hydrogens (primary N) is 1. The molecule has 0 spiro atoms. The molecule has 2 aromatic rings. The molecule has 0 amide bonds. The highest BCUT2D eigenvalue weighted by Gasteiger charge is 2.27. The second kappa shape index (κ2) is 4.34. The van der Waals surface area contributed by atoms with Gasteiger partial charge < -0.3 is 5.73 Å². The number of nitro groups is 1. The van der Waals surface area contributed by atoms with Gasteiger partial charge in [-0.1, -0.05) is 38.1 Å². The molecule has 19 heavy (non-hydrogen) atoms. The van der Waals surface area contributed by atoms with Crippen molar-refractivity contribution in [2.75, 3.05) is 5.73 Å².